The highest BCUT2D eigenvalue weighted by Crippen LogP contribution is 2.44. The molecule has 1 unspecified atom stereocenters. The first-order valence-corrected chi connectivity index (χ1v) is 12.2. The van der Waals surface area contributed by atoms with Gasteiger partial charge in [0, 0.05) is 49.2 Å². The van der Waals surface area contributed by atoms with Gasteiger partial charge in [0.25, 0.3) is 0 Å². The van der Waals surface area contributed by atoms with Gasteiger partial charge in [0.05, 0.1) is 35.6 Å². The largest absolute Gasteiger partial charge is 0.479 e. The van der Waals surface area contributed by atoms with Crippen LogP contribution in [0.5, 0.6) is 5.88 Å². The van der Waals surface area contributed by atoms with Crippen molar-refractivity contribution >= 4 is 21.9 Å². The molecule has 5 heterocycles. The van der Waals surface area contributed by atoms with Gasteiger partial charge in [-0.1, -0.05) is 11.3 Å². The number of aromatic nitrogens is 6. The lowest BCUT2D eigenvalue weighted by atomic mass is 9.86. The first-order chi connectivity index (χ1) is 18.0. The topological polar surface area (TPSA) is 79.9 Å². The van der Waals surface area contributed by atoms with Gasteiger partial charge in [-0.25, -0.2) is 18.4 Å². The number of hydrogen-bond donors (Lipinski definition) is 0. The van der Waals surface area contributed by atoms with E-state index in [1.165, 1.54) is 18.2 Å². The van der Waals surface area contributed by atoms with Crippen molar-refractivity contribution in [2.24, 2.45) is 13.0 Å². The Morgan fingerprint density at radius 3 is 2.54 bits per heavy atom. The Morgan fingerprint density at radius 1 is 1.11 bits per heavy atom. The van der Waals surface area contributed by atoms with E-state index in [2.05, 4.69) is 15.3 Å². The lowest BCUT2D eigenvalue weighted by molar-refractivity contribution is 0.0543. The Labute approximate surface area is 211 Å². The molecule has 0 radical (unpaired) electrons. The average Bonchev–Trinajstić information content (AvgIpc) is 3.42. The lowest BCUT2D eigenvalue weighted by Gasteiger charge is -2.33. The van der Waals surface area contributed by atoms with Crippen LogP contribution < -0.4 is 4.74 Å². The van der Waals surface area contributed by atoms with Gasteiger partial charge in [0.1, 0.15) is 17.2 Å². The summed E-state index contributed by atoms with van der Waals surface area (Å²) >= 11 is 0. The Kier molecular flexibility index (Phi) is 5.83. The zero-order valence-corrected chi connectivity index (χ0v) is 20.8. The van der Waals surface area contributed by atoms with Crippen LogP contribution in [0.4, 0.5) is 8.78 Å². The highest BCUT2D eigenvalue weighted by molar-refractivity contribution is 6.08. The van der Waals surface area contributed by atoms with Crippen LogP contribution in [0.2, 0.25) is 0 Å². The van der Waals surface area contributed by atoms with Crippen LogP contribution in [0.15, 0.2) is 42.7 Å². The minimum Gasteiger partial charge on any atom is -0.479 e. The van der Waals surface area contributed by atoms with E-state index in [0.29, 0.717) is 43.0 Å². The SMILES string of the molecule is COc1nccc2c3ncc(-c4c(C)nnn4C)cc3n(C(c3c(F)cccc3F)C3CCOCC3)c12. The number of hydrogen-bond acceptors (Lipinski definition) is 6. The maximum Gasteiger partial charge on any atom is 0.238 e. The summed E-state index contributed by atoms with van der Waals surface area (Å²) in [7, 11) is 3.36. The molecule has 1 atom stereocenters. The number of fused-ring (bicyclic) bond motifs is 3. The maximum atomic E-state index is 15.5. The van der Waals surface area contributed by atoms with Gasteiger partial charge >= 0.3 is 0 Å². The smallest absolute Gasteiger partial charge is 0.238 e. The van der Waals surface area contributed by atoms with E-state index >= 15 is 8.78 Å². The molecule has 1 aliphatic rings. The second kappa shape index (κ2) is 9.19. The molecule has 8 nitrogen and oxygen atoms in total. The van der Waals surface area contributed by atoms with Crippen molar-refractivity contribution in [2.75, 3.05) is 20.3 Å². The van der Waals surface area contributed by atoms with Gasteiger partial charge in [-0.15, -0.1) is 5.10 Å². The van der Waals surface area contributed by atoms with Crippen molar-refractivity contribution < 1.29 is 18.3 Å². The number of nitrogens with zero attached hydrogens (tertiary/aromatic N) is 6. The molecule has 190 valence electrons. The maximum absolute atomic E-state index is 15.5. The van der Waals surface area contributed by atoms with Crippen LogP contribution in [-0.2, 0) is 11.8 Å². The molecule has 0 saturated carbocycles. The molecule has 0 spiro atoms. The van der Waals surface area contributed by atoms with Gasteiger partial charge in [-0.2, -0.15) is 0 Å². The van der Waals surface area contributed by atoms with Crippen LogP contribution in [-0.4, -0.2) is 49.9 Å². The molecule has 0 N–H and O–H groups in total. The third-order valence-electron chi connectivity index (χ3n) is 7.26. The molecule has 1 aliphatic heterocycles. The van der Waals surface area contributed by atoms with Gasteiger partial charge in [-0.3, -0.25) is 4.98 Å². The number of halogens is 2. The predicted molar refractivity (Wildman–Crippen MR) is 134 cm³/mol. The Hall–Kier alpha value is -3.92. The third kappa shape index (κ3) is 3.74. The fraction of sp³-hybridized carbons (Fsp3) is 0.333. The molecule has 4 aromatic heterocycles. The highest BCUT2D eigenvalue weighted by atomic mass is 19.1. The molecule has 1 saturated heterocycles. The summed E-state index contributed by atoms with van der Waals surface area (Å²) in [5.74, 6) is -0.910. The Morgan fingerprint density at radius 2 is 1.86 bits per heavy atom. The Bertz CT molecular complexity index is 1580. The second-order valence-corrected chi connectivity index (χ2v) is 9.36. The van der Waals surface area contributed by atoms with Crippen LogP contribution in [0.25, 0.3) is 33.2 Å². The number of benzene rings is 1. The summed E-state index contributed by atoms with van der Waals surface area (Å²) in [6.45, 7) is 2.93. The standard InChI is InChI=1S/C27H26F2N6O2/c1-15-24(34(2)33-32-15)17-13-21-23(31-14-17)18-7-10-30-27(36-3)26(18)35(21)25(16-8-11-37-12-9-16)22-19(28)5-4-6-20(22)29/h4-7,10,13-14,16,25H,8-9,11-12H2,1-3H3. The highest BCUT2D eigenvalue weighted by Gasteiger charge is 2.35. The minimum absolute atomic E-state index is 0.0166. The van der Waals surface area contributed by atoms with E-state index in [9.17, 15) is 0 Å². The van der Waals surface area contributed by atoms with Gasteiger partial charge in [0.15, 0.2) is 0 Å². The van der Waals surface area contributed by atoms with Crippen LogP contribution in [0.1, 0.15) is 30.1 Å². The van der Waals surface area contributed by atoms with Crippen LogP contribution in [0.3, 0.4) is 0 Å². The summed E-state index contributed by atoms with van der Waals surface area (Å²) in [5, 5.41) is 9.11. The van der Waals surface area contributed by atoms with Crippen LogP contribution >= 0.6 is 0 Å². The summed E-state index contributed by atoms with van der Waals surface area (Å²) in [5.41, 5.74) is 4.45. The second-order valence-electron chi connectivity index (χ2n) is 9.36. The lowest BCUT2D eigenvalue weighted by Crippen LogP contribution is -2.28. The summed E-state index contributed by atoms with van der Waals surface area (Å²) < 4.78 is 45.9. The van der Waals surface area contributed by atoms with E-state index in [4.69, 9.17) is 14.5 Å². The molecular formula is C27H26F2N6O2. The zero-order chi connectivity index (χ0) is 25.7. The van der Waals surface area contributed by atoms with Gasteiger partial charge in [0.2, 0.25) is 5.88 Å². The molecule has 0 bridgehead atoms. The molecule has 5 aromatic rings. The van der Waals surface area contributed by atoms with Crippen molar-refractivity contribution in [3.63, 3.8) is 0 Å². The van der Waals surface area contributed by atoms with E-state index in [-0.39, 0.29) is 11.5 Å². The average molecular weight is 505 g/mol. The van der Waals surface area contributed by atoms with Crippen molar-refractivity contribution in [3.05, 3.63) is 65.6 Å². The molecule has 1 aromatic carbocycles. The predicted octanol–water partition coefficient (Wildman–Crippen LogP) is 4.99. The van der Waals surface area contributed by atoms with Crippen molar-refractivity contribution in [1.29, 1.82) is 0 Å². The summed E-state index contributed by atoms with van der Waals surface area (Å²) in [6.07, 6.45) is 4.74. The molecule has 6 rings (SSSR count). The molecule has 37 heavy (non-hydrogen) atoms. The van der Waals surface area contributed by atoms with Crippen LogP contribution in [0, 0.1) is 24.5 Å². The summed E-state index contributed by atoms with van der Waals surface area (Å²) in [4.78, 5) is 9.27. The number of rotatable bonds is 5. The molecule has 10 heteroatoms. The van der Waals surface area contributed by atoms with Crippen molar-refractivity contribution in [3.8, 4) is 17.1 Å². The first kappa shape index (κ1) is 23.5. The molecule has 0 amide bonds. The number of methoxy groups -OCH3 is 1. The van der Waals surface area contributed by atoms with E-state index < -0.39 is 17.7 Å². The van der Waals surface area contributed by atoms with E-state index in [1.54, 1.807) is 24.2 Å². The van der Waals surface area contributed by atoms with Crippen molar-refractivity contribution in [1.82, 2.24) is 29.5 Å². The first-order valence-electron chi connectivity index (χ1n) is 12.2. The monoisotopic (exact) mass is 504 g/mol. The van der Waals surface area contributed by atoms with Crippen molar-refractivity contribution in [2.45, 2.75) is 25.8 Å². The quantitative estimate of drug-likeness (QED) is 0.336. The number of aryl methyl sites for hydroxylation is 2. The molecule has 0 aliphatic carbocycles. The van der Waals surface area contributed by atoms with Gasteiger partial charge < -0.3 is 14.0 Å². The normalized spacial score (nSPS) is 15.5. The fourth-order valence-corrected chi connectivity index (χ4v) is 5.65. The van der Waals surface area contributed by atoms with Gasteiger partial charge in [-0.05, 0) is 49.9 Å². The summed E-state index contributed by atoms with van der Waals surface area (Å²) in [6, 6.07) is 7.18. The number of pyridine rings is 2. The minimum atomic E-state index is -0.675. The Balaban J connectivity index is 1.73. The number of ether oxygens (including phenoxy) is 2. The van der Waals surface area contributed by atoms with E-state index in [0.717, 1.165) is 27.9 Å². The molecular weight excluding hydrogens is 478 g/mol. The zero-order valence-electron chi connectivity index (χ0n) is 20.8. The third-order valence-corrected chi connectivity index (χ3v) is 7.26. The molecule has 1 fully saturated rings. The fourth-order valence-electron chi connectivity index (χ4n) is 5.65. The van der Waals surface area contributed by atoms with E-state index in [1.807, 2.05) is 30.7 Å².